The van der Waals surface area contributed by atoms with E-state index in [0.29, 0.717) is 11.3 Å². The average molecular weight is 771 g/mol. The molecule has 4 nitrogen and oxygen atoms in total. The van der Waals surface area contributed by atoms with Gasteiger partial charge in [-0.1, -0.05) is 96.2 Å². The Balaban J connectivity index is 0.000000135. The number of ketones is 1. The zero-order chi connectivity index (χ0) is 30.7. The van der Waals surface area contributed by atoms with E-state index in [1.165, 1.54) is 27.1 Å². The van der Waals surface area contributed by atoms with Gasteiger partial charge >= 0.3 is 20.1 Å². The van der Waals surface area contributed by atoms with Crippen LogP contribution in [0.5, 0.6) is 0 Å². The van der Waals surface area contributed by atoms with Gasteiger partial charge in [-0.05, 0) is 39.4 Å². The molecule has 0 saturated carbocycles. The van der Waals surface area contributed by atoms with Gasteiger partial charge in [0.25, 0.3) is 0 Å². The molecule has 0 N–H and O–H groups in total. The molecule has 0 unspecified atom stereocenters. The molecule has 3 aromatic heterocycles. The third kappa shape index (κ3) is 7.77. The standard InChI is InChI=1S/2C15H10N.C11H9NO.Ir/c1-2-7-13(8-3-1)15-14-9-5-4-6-12(14)10-11-16-15;1-2-5-12(6-3-1)14-8-4-7-13-9-10-16-11-15(13)14;13-11(10-7-4-8-12-10)9-5-2-1-3-6-9;/h1-7,9-11H;1-5,7-11H;1-8H,(H,12,13);/q2*-1;;+3/p-1. The monoisotopic (exact) mass is 771 g/mol. The van der Waals surface area contributed by atoms with Crippen LogP contribution in [0.15, 0.2) is 170 Å². The van der Waals surface area contributed by atoms with Crippen LogP contribution in [0.1, 0.15) is 16.1 Å². The fourth-order valence-corrected chi connectivity index (χ4v) is 4.96. The molecule has 8 aromatic rings. The first-order valence-corrected chi connectivity index (χ1v) is 14.6. The molecule has 0 aliphatic heterocycles. The Labute approximate surface area is 282 Å². The van der Waals surface area contributed by atoms with Crippen LogP contribution in [0.3, 0.4) is 0 Å². The van der Waals surface area contributed by atoms with Crippen LogP contribution in [0.2, 0.25) is 0 Å². The van der Waals surface area contributed by atoms with E-state index in [1.807, 2.05) is 104 Å². The SMILES string of the molecule is O=C(c1ccccc1)c1ccc[n-]1.[Ir+3].[c-]1ccccc1-c1cccc2ccncc12.[c-]1ccccc1-c1nccc2ccccc12. The predicted octanol–water partition coefficient (Wildman–Crippen LogP) is 9.28. The van der Waals surface area contributed by atoms with Crippen molar-refractivity contribution in [2.75, 3.05) is 0 Å². The fourth-order valence-electron chi connectivity index (χ4n) is 4.96. The van der Waals surface area contributed by atoms with Gasteiger partial charge in [-0.15, -0.1) is 71.8 Å². The number of nitrogens with zero attached hydrogens (tertiary/aromatic N) is 3. The number of benzene rings is 5. The largest absolute Gasteiger partial charge is 3.00 e. The Morgan fingerprint density at radius 2 is 1.26 bits per heavy atom. The van der Waals surface area contributed by atoms with Crippen molar-refractivity contribution in [3.63, 3.8) is 0 Å². The van der Waals surface area contributed by atoms with Crippen molar-refractivity contribution in [1.29, 1.82) is 0 Å². The number of carbonyl (C=O) groups is 1. The zero-order valence-corrected chi connectivity index (χ0v) is 27.1. The minimum Gasteiger partial charge on any atom is -0.661 e. The summed E-state index contributed by atoms with van der Waals surface area (Å²) in [5, 5.41) is 4.77. The van der Waals surface area contributed by atoms with Gasteiger partial charge in [-0.2, -0.15) is 6.20 Å². The molecule has 0 amide bonds. The van der Waals surface area contributed by atoms with Crippen molar-refractivity contribution >= 4 is 27.3 Å². The maximum atomic E-state index is 11.6. The Hall–Kier alpha value is -5.48. The number of hydrogen-bond donors (Lipinski definition) is 0. The molecule has 0 spiro atoms. The molecular formula is C41H28IrN3O. The van der Waals surface area contributed by atoms with Crippen molar-refractivity contribution in [3.05, 3.63) is 194 Å². The Morgan fingerprint density at radius 1 is 0.587 bits per heavy atom. The van der Waals surface area contributed by atoms with Crippen LogP contribution < -0.4 is 4.98 Å². The van der Waals surface area contributed by atoms with Crippen molar-refractivity contribution in [3.8, 4) is 22.4 Å². The van der Waals surface area contributed by atoms with E-state index in [1.54, 1.807) is 30.5 Å². The van der Waals surface area contributed by atoms with Crippen molar-refractivity contribution in [2.24, 2.45) is 0 Å². The molecule has 0 aliphatic rings. The maximum absolute atomic E-state index is 11.6. The van der Waals surface area contributed by atoms with Gasteiger partial charge in [0.2, 0.25) is 0 Å². The molecule has 0 bridgehead atoms. The molecule has 3 heterocycles. The number of fused-ring (bicyclic) bond motifs is 2. The van der Waals surface area contributed by atoms with Crippen LogP contribution >= 0.6 is 0 Å². The molecule has 8 rings (SSSR count). The first kappa shape index (κ1) is 31.9. The third-order valence-electron chi connectivity index (χ3n) is 7.14. The second-order valence-corrected chi connectivity index (χ2v) is 10.1. The predicted molar refractivity (Wildman–Crippen MR) is 182 cm³/mol. The van der Waals surface area contributed by atoms with E-state index >= 15 is 0 Å². The summed E-state index contributed by atoms with van der Waals surface area (Å²) in [7, 11) is 0. The Bertz CT molecular complexity index is 1990. The summed E-state index contributed by atoms with van der Waals surface area (Å²) >= 11 is 0. The second kappa shape index (κ2) is 16.0. The molecular weight excluding hydrogens is 743 g/mol. The number of rotatable bonds is 4. The van der Waals surface area contributed by atoms with Gasteiger partial charge in [0, 0.05) is 24.2 Å². The molecule has 0 radical (unpaired) electrons. The molecule has 46 heavy (non-hydrogen) atoms. The minimum atomic E-state index is -0.0226. The van der Waals surface area contributed by atoms with Gasteiger partial charge in [0.15, 0.2) is 5.78 Å². The molecule has 222 valence electrons. The molecule has 5 aromatic carbocycles. The number of carbonyl (C=O) groups excluding carboxylic acids is 1. The van der Waals surface area contributed by atoms with Crippen LogP contribution in [0.25, 0.3) is 43.9 Å². The van der Waals surface area contributed by atoms with E-state index in [-0.39, 0.29) is 25.9 Å². The van der Waals surface area contributed by atoms with Crippen LogP contribution in [-0.2, 0) is 20.1 Å². The van der Waals surface area contributed by atoms with E-state index in [2.05, 4.69) is 63.5 Å². The van der Waals surface area contributed by atoms with Crippen molar-refractivity contribution in [1.82, 2.24) is 15.0 Å². The van der Waals surface area contributed by atoms with Crippen molar-refractivity contribution < 1.29 is 24.9 Å². The summed E-state index contributed by atoms with van der Waals surface area (Å²) in [5.74, 6) is -0.0226. The quantitative estimate of drug-likeness (QED) is 0.132. The van der Waals surface area contributed by atoms with Crippen LogP contribution in [0, 0.1) is 12.1 Å². The van der Waals surface area contributed by atoms with Gasteiger partial charge in [-0.25, -0.2) is 0 Å². The second-order valence-electron chi connectivity index (χ2n) is 10.1. The van der Waals surface area contributed by atoms with E-state index in [4.69, 9.17) is 0 Å². The number of hydrogen-bond acceptors (Lipinski definition) is 3. The summed E-state index contributed by atoms with van der Waals surface area (Å²) < 4.78 is 0. The Morgan fingerprint density at radius 3 is 2.00 bits per heavy atom. The van der Waals surface area contributed by atoms with Crippen LogP contribution in [0.4, 0.5) is 0 Å². The Kier molecular flexibility index (Phi) is 11.1. The van der Waals surface area contributed by atoms with Gasteiger partial charge in [-0.3, -0.25) is 9.78 Å². The third-order valence-corrected chi connectivity index (χ3v) is 7.14. The maximum Gasteiger partial charge on any atom is 3.00 e. The molecule has 0 fully saturated rings. The molecule has 0 aliphatic carbocycles. The van der Waals surface area contributed by atoms with E-state index < -0.39 is 0 Å². The van der Waals surface area contributed by atoms with Crippen LogP contribution in [-0.4, -0.2) is 15.8 Å². The smallest absolute Gasteiger partial charge is 0.661 e. The summed E-state index contributed by atoms with van der Waals surface area (Å²) in [6, 6.07) is 53.6. The molecule has 0 saturated heterocycles. The zero-order valence-electron chi connectivity index (χ0n) is 24.7. The molecule has 0 atom stereocenters. The van der Waals surface area contributed by atoms with Gasteiger partial charge in [0.05, 0.1) is 0 Å². The molecule has 5 heteroatoms. The van der Waals surface area contributed by atoms with Gasteiger partial charge < -0.3 is 9.97 Å². The number of pyridine rings is 2. The summed E-state index contributed by atoms with van der Waals surface area (Å²) in [4.78, 5) is 24.2. The topological polar surface area (TPSA) is 57.0 Å². The summed E-state index contributed by atoms with van der Waals surface area (Å²) in [6.45, 7) is 0. The van der Waals surface area contributed by atoms with Crippen molar-refractivity contribution in [2.45, 2.75) is 0 Å². The normalized spacial score (nSPS) is 10.1. The average Bonchev–Trinajstić information content (AvgIpc) is 3.68. The van der Waals surface area contributed by atoms with E-state index in [0.717, 1.165) is 16.8 Å². The summed E-state index contributed by atoms with van der Waals surface area (Å²) in [6.07, 6.45) is 7.20. The summed E-state index contributed by atoms with van der Waals surface area (Å²) in [5.41, 5.74) is 5.53. The fraction of sp³-hybridized carbons (Fsp3) is 0. The van der Waals surface area contributed by atoms with Gasteiger partial charge in [0.1, 0.15) is 0 Å². The van der Waals surface area contributed by atoms with E-state index in [9.17, 15) is 4.79 Å². The number of aromatic nitrogens is 3. The minimum absolute atomic E-state index is 0. The first-order valence-electron chi connectivity index (χ1n) is 14.6. The first-order chi connectivity index (χ1) is 22.3.